The molecule has 0 N–H and O–H groups in total. The van der Waals surface area contributed by atoms with Crippen molar-refractivity contribution >= 4 is 17.2 Å². The average Bonchev–Trinajstić information content (AvgIpc) is 3.10. The molecule has 3 rings (SSSR count). The summed E-state index contributed by atoms with van der Waals surface area (Å²) in [6.07, 6.45) is 0.869. The van der Waals surface area contributed by atoms with E-state index < -0.39 is 0 Å². The second-order valence-electron chi connectivity index (χ2n) is 6.12. The third-order valence-corrected chi connectivity index (χ3v) is 5.03. The highest BCUT2D eigenvalue weighted by molar-refractivity contribution is 7.13. The van der Waals surface area contributed by atoms with Gasteiger partial charge in [0.2, 0.25) is 0 Å². The maximum atomic E-state index is 14.4. The Morgan fingerprint density at radius 1 is 1.32 bits per heavy atom. The minimum atomic E-state index is -0.387. The molecule has 5 nitrogen and oxygen atoms in total. The van der Waals surface area contributed by atoms with Crippen molar-refractivity contribution < 1.29 is 13.9 Å². The Morgan fingerprint density at radius 2 is 2.08 bits per heavy atom. The van der Waals surface area contributed by atoms with Crippen molar-refractivity contribution in [1.29, 1.82) is 0 Å². The molecule has 1 aromatic heterocycles. The lowest BCUT2D eigenvalue weighted by molar-refractivity contribution is 0.0659. The van der Waals surface area contributed by atoms with E-state index in [1.165, 1.54) is 17.4 Å². The number of amides is 1. The topological polar surface area (TPSA) is 45.7 Å². The molecule has 0 radical (unpaired) electrons. The predicted molar refractivity (Wildman–Crippen MR) is 96.7 cm³/mol. The van der Waals surface area contributed by atoms with Crippen LogP contribution in [0.25, 0.3) is 10.6 Å². The molecule has 7 heteroatoms. The number of aromatic nitrogens is 1. The standard InChI is InChI=1S/C18H22FN3O2S/c1-3-10-24-13-4-5-14(15(19)11-13)17-20-16(12-25-17)18(23)22-8-6-21(2)7-9-22/h4-5,11-12H,3,6-10H2,1-2H3. The van der Waals surface area contributed by atoms with Crippen LogP contribution < -0.4 is 4.74 Å². The summed E-state index contributed by atoms with van der Waals surface area (Å²) in [5.74, 6) is 0.0360. The van der Waals surface area contributed by atoms with E-state index in [9.17, 15) is 9.18 Å². The SMILES string of the molecule is CCCOc1ccc(-c2nc(C(=O)N3CCN(C)CC3)cs2)c(F)c1. The maximum Gasteiger partial charge on any atom is 0.273 e. The lowest BCUT2D eigenvalue weighted by atomic mass is 10.2. The van der Waals surface area contributed by atoms with Gasteiger partial charge < -0.3 is 14.5 Å². The van der Waals surface area contributed by atoms with Gasteiger partial charge in [-0.15, -0.1) is 11.3 Å². The molecule has 0 atom stereocenters. The van der Waals surface area contributed by atoms with E-state index in [1.807, 2.05) is 14.0 Å². The van der Waals surface area contributed by atoms with E-state index >= 15 is 0 Å². The van der Waals surface area contributed by atoms with Crippen LogP contribution in [0.15, 0.2) is 23.6 Å². The summed E-state index contributed by atoms with van der Waals surface area (Å²) in [7, 11) is 2.04. The molecule has 1 amide bonds. The van der Waals surface area contributed by atoms with Gasteiger partial charge in [-0.25, -0.2) is 9.37 Å². The summed E-state index contributed by atoms with van der Waals surface area (Å²) >= 11 is 1.28. The van der Waals surface area contributed by atoms with Gasteiger partial charge in [0.25, 0.3) is 5.91 Å². The molecule has 134 valence electrons. The van der Waals surface area contributed by atoms with Crippen LogP contribution in [0.3, 0.4) is 0 Å². The van der Waals surface area contributed by atoms with Crippen LogP contribution in [0, 0.1) is 5.82 Å². The third kappa shape index (κ3) is 4.16. The van der Waals surface area contributed by atoms with Crippen molar-refractivity contribution in [2.24, 2.45) is 0 Å². The van der Waals surface area contributed by atoms with Crippen LogP contribution in [0.4, 0.5) is 4.39 Å². The number of rotatable bonds is 5. The quantitative estimate of drug-likeness (QED) is 0.819. The minimum absolute atomic E-state index is 0.0843. The second-order valence-corrected chi connectivity index (χ2v) is 6.98. The number of hydrogen-bond acceptors (Lipinski definition) is 5. The van der Waals surface area contributed by atoms with Gasteiger partial charge in [-0.1, -0.05) is 6.92 Å². The van der Waals surface area contributed by atoms with Crippen molar-refractivity contribution in [1.82, 2.24) is 14.8 Å². The van der Waals surface area contributed by atoms with Gasteiger partial charge in [-0.05, 0) is 25.6 Å². The molecule has 2 aromatic rings. The van der Waals surface area contributed by atoms with Crippen molar-refractivity contribution in [2.45, 2.75) is 13.3 Å². The molecule has 1 aliphatic heterocycles. The van der Waals surface area contributed by atoms with Crippen LogP contribution >= 0.6 is 11.3 Å². The molecule has 1 saturated heterocycles. The lowest BCUT2D eigenvalue weighted by Crippen LogP contribution is -2.47. The summed E-state index contributed by atoms with van der Waals surface area (Å²) in [6.45, 7) is 5.66. The Labute approximate surface area is 151 Å². The number of carbonyl (C=O) groups excluding carboxylic acids is 1. The molecule has 0 bridgehead atoms. The fourth-order valence-electron chi connectivity index (χ4n) is 2.65. The second kappa shape index (κ2) is 7.93. The van der Waals surface area contributed by atoms with E-state index in [-0.39, 0.29) is 11.7 Å². The first-order valence-electron chi connectivity index (χ1n) is 8.44. The molecule has 0 unspecified atom stereocenters. The Morgan fingerprint density at radius 3 is 2.76 bits per heavy atom. The fraction of sp³-hybridized carbons (Fsp3) is 0.444. The molecule has 0 spiro atoms. The molecule has 25 heavy (non-hydrogen) atoms. The van der Waals surface area contributed by atoms with Crippen LogP contribution in [0.1, 0.15) is 23.8 Å². The fourth-order valence-corrected chi connectivity index (χ4v) is 3.47. The number of piperazine rings is 1. The largest absolute Gasteiger partial charge is 0.494 e. The van der Waals surface area contributed by atoms with Crippen LogP contribution in [-0.4, -0.2) is 60.5 Å². The van der Waals surface area contributed by atoms with Gasteiger partial charge in [-0.2, -0.15) is 0 Å². The molecular formula is C18H22FN3O2S. The lowest BCUT2D eigenvalue weighted by Gasteiger charge is -2.31. The summed E-state index contributed by atoms with van der Waals surface area (Å²) < 4.78 is 19.8. The highest BCUT2D eigenvalue weighted by atomic mass is 32.1. The normalized spacial score (nSPS) is 15.4. The zero-order valence-electron chi connectivity index (χ0n) is 14.5. The van der Waals surface area contributed by atoms with E-state index in [2.05, 4.69) is 9.88 Å². The van der Waals surface area contributed by atoms with Gasteiger partial charge in [0, 0.05) is 43.2 Å². The number of ether oxygens (including phenoxy) is 1. The molecule has 0 saturated carbocycles. The molecule has 2 heterocycles. The first-order chi connectivity index (χ1) is 12.1. The monoisotopic (exact) mass is 363 g/mol. The number of halogens is 1. The van der Waals surface area contributed by atoms with Gasteiger partial charge in [-0.3, -0.25) is 4.79 Å². The van der Waals surface area contributed by atoms with Gasteiger partial charge in [0.15, 0.2) is 0 Å². The Balaban J connectivity index is 1.73. The van der Waals surface area contributed by atoms with E-state index in [4.69, 9.17) is 4.74 Å². The molecular weight excluding hydrogens is 341 g/mol. The highest BCUT2D eigenvalue weighted by Crippen LogP contribution is 2.29. The van der Waals surface area contributed by atoms with Gasteiger partial charge in [0.1, 0.15) is 22.3 Å². The van der Waals surface area contributed by atoms with Crippen molar-refractivity contribution in [2.75, 3.05) is 39.8 Å². The van der Waals surface area contributed by atoms with Crippen LogP contribution in [0.5, 0.6) is 5.75 Å². The van der Waals surface area contributed by atoms with Crippen molar-refractivity contribution in [3.05, 3.63) is 35.1 Å². The highest BCUT2D eigenvalue weighted by Gasteiger charge is 2.23. The smallest absolute Gasteiger partial charge is 0.273 e. The maximum absolute atomic E-state index is 14.4. The molecule has 1 fully saturated rings. The Hall–Kier alpha value is -1.99. The van der Waals surface area contributed by atoms with Crippen molar-refractivity contribution in [3.8, 4) is 16.3 Å². The van der Waals surface area contributed by atoms with E-state index in [0.717, 1.165) is 19.5 Å². The Bertz CT molecular complexity index is 742. The number of likely N-dealkylation sites (N-methyl/N-ethyl adjacent to an activating group) is 1. The van der Waals surface area contributed by atoms with Crippen LogP contribution in [0.2, 0.25) is 0 Å². The van der Waals surface area contributed by atoms with Crippen molar-refractivity contribution in [3.63, 3.8) is 0 Å². The predicted octanol–water partition coefficient (Wildman–Crippen LogP) is 3.13. The zero-order valence-corrected chi connectivity index (χ0v) is 15.3. The third-order valence-electron chi connectivity index (χ3n) is 4.16. The summed E-state index contributed by atoms with van der Waals surface area (Å²) in [6, 6.07) is 4.76. The van der Waals surface area contributed by atoms with E-state index in [1.54, 1.807) is 22.4 Å². The minimum Gasteiger partial charge on any atom is -0.494 e. The van der Waals surface area contributed by atoms with Gasteiger partial charge >= 0.3 is 0 Å². The number of carbonyl (C=O) groups is 1. The molecule has 0 aliphatic carbocycles. The first-order valence-corrected chi connectivity index (χ1v) is 9.32. The molecule has 1 aliphatic rings. The Kier molecular flexibility index (Phi) is 5.65. The summed E-state index contributed by atoms with van der Waals surface area (Å²) in [5, 5.41) is 2.22. The van der Waals surface area contributed by atoms with E-state index in [0.29, 0.717) is 41.7 Å². The number of thiazole rings is 1. The summed E-state index contributed by atoms with van der Waals surface area (Å²) in [5.41, 5.74) is 0.779. The van der Waals surface area contributed by atoms with Gasteiger partial charge in [0.05, 0.1) is 6.61 Å². The van der Waals surface area contributed by atoms with Crippen LogP contribution in [-0.2, 0) is 0 Å². The number of hydrogen-bond donors (Lipinski definition) is 0. The first kappa shape index (κ1) is 17.8. The number of benzene rings is 1. The number of nitrogens with zero attached hydrogens (tertiary/aromatic N) is 3. The average molecular weight is 363 g/mol. The zero-order chi connectivity index (χ0) is 17.8. The molecule has 1 aromatic carbocycles. The summed E-state index contributed by atoms with van der Waals surface area (Å²) in [4.78, 5) is 20.9.